The highest BCUT2D eigenvalue weighted by atomic mass is 16.4. The average Bonchev–Trinajstić information content (AvgIpc) is 3.21. The van der Waals surface area contributed by atoms with Gasteiger partial charge in [0.25, 0.3) is 0 Å². The van der Waals surface area contributed by atoms with Crippen LogP contribution in [0.15, 0.2) is 12.5 Å². The van der Waals surface area contributed by atoms with Crippen molar-refractivity contribution >= 4 is 29.7 Å². The second-order valence-electron chi connectivity index (χ2n) is 8.35. The number of hydrogen-bond donors (Lipinski definition) is 7. The van der Waals surface area contributed by atoms with E-state index in [2.05, 4.69) is 25.9 Å². The molecule has 0 aromatic carbocycles. The van der Waals surface area contributed by atoms with Crippen molar-refractivity contribution in [3.8, 4) is 0 Å². The Labute approximate surface area is 190 Å². The summed E-state index contributed by atoms with van der Waals surface area (Å²) >= 11 is 0. The van der Waals surface area contributed by atoms with Crippen LogP contribution in [0.4, 0.5) is 0 Å². The molecule has 0 saturated carbocycles. The van der Waals surface area contributed by atoms with E-state index >= 15 is 0 Å². The first-order valence-electron chi connectivity index (χ1n) is 10.4. The third-order valence-corrected chi connectivity index (χ3v) is 4.82. The third kappa shape index (κ3) is 8.88. The molecule has 0 aliphatic heterocycles. The molecule has 1 aromatic rings. The fourth-order valence-corrected chi connectivity index (χ4v) is 2.93. The van der Waals surface area contributed by atoms with Crippen molar-refractivity contribution in [1.82, 2.24) is 25.9 Å². The van der Waals surface area contributed by atoms with Crippen molar-refractivity contribution in [3.05, 3.63) is 18.2 Å². The summed E-state index contributed by atoms with van der Waals surface area (Å²) in [7, 11) is 0. The van der Waals surface area contributed by atoms with E-state index in [-0.39, 0.29) is 6.42 Å². The van der Waals surface area contributed by atoms with Gasteiger partial charge in [0, 0.05) is 18.3 Å². The lowest BCUT2D eigenvalue weighted by atomic mass is 9.99. The molecule has 4 atom stereocenters. The fraction of sp³-hybridized carbons (Fsp3) is 0.600. The molecule has 1 heterocycles. The molecule has 0 aliphatic carbocycles. The van der Waals surface area contributed by atoms with Crippen LogP contribution >= 0.6 is 0 Å². The zero-order valence-corrected chi connectivity index (χ0v) is 19.0. The molecule has 1 rings (SSSR count). The van der Waals surface area contributed by atoms with E-state index in [1.165, 1.54) is 12.5 Å². The molecule has 0 aliphatic rings. The maximum Gasteiger partial charge on any atom is 0.326 e. The predicted octanol–water partition coefficient (Wildman–Crippen LogP) is -1.39. The summed E-state index contributed by atoms with van der Waals surface area (Å²) in [5.41, 5.74) is 6.08. The van der Waals surface area contributed by atoms with Gasteiger partial charge < -0.3 is 36.9 Å². The second kappa shape index (κ2) is 12.5. The highest BCUT2D eigenvalue weighted by molar-refractivity contribution is 5.95. The zero-order valence-electron chi connectivity index (χ0n) is 19.0. The van der Waals surface area contributed by atoms with Gasteiger partial charge in [-0.3, -0.25) is 19.2 Å². The summed E-state index contributed by atoms with van der Waals surface area (Å²) in [4.78, 5) is 67.0. The van der Waals surface area contributed by atoms with E-state index in [4.69, 9.17) is 10.8 Å². The average molecular weight is 469 g/mol. The maximum atomic E-state index is 13.0. The maximum absolute atomic E-state index is 13.0. The Hall–Kier alpha value is -3.48. The topological polar surface area (TPSA) is 217 Å². The molecule has 0 saturated heterocycles. The Bertz CT molecular complexity index is 840. The molecular formula is C20H32N6O7. The minimum Gasteiger partial charge on any atom is -0.481 e. The van der Waals surface area contributed by atoms with Gasteiger partial charge in [0.1, 0.15) is 18.1 Å². The Kier molecular flexibility index (Phi) is 10.5. The Morgan fingerprint density at radius 3 is 1.97 bits per heavy atom. The normalized spacial score (nSPS) is 14.8. The van der Waals surface area contributed by atoms with Crippen molar-refractivity contribution < 1.29 is 34.2 Å². The van der Waals surface area contributed by atoms with E-state index < -0.39 is 72.1 Å². The molecular weight excluding hydrogens is 436 g/mol. The van der Waals surface area contributed by atoms with E-state index in [9.17, 15) is 29.1 Å². The van der Waals surface area contributed by atoms with Gasteiger partial charge in [0.05, 0.1) is 18.8 Å². The van der Waals surface area contributed by atoms with E-state index in [0.29, 0.717) is 5.69 Å². The Morgan fingerprint density at radius 1 is 0.939 bits per heavy atom. The summed E-state index contributed by atoms with van der Waals surface area (Å²) in [6, 6.07) is -4.82. The largest absolute Gasteiger partial charge is 0.481 e. The first-order valence-corrected chi connectivity index (χ1v) is 10.4. The number of carboxylic acids is 2. The van der Waals surface area contributed by atoms with Gasteiger partial charge in [0.2, 0.25) is 17.7 Å². The van der Waals surface area contributed by atoms with Crippen molar-refractivity contribution in [2.75, 3.05) is 0 Å². The standard InChI is InChI=1S/C20H32N6O7/c1-9(2)15(19(31)26-16(10(3)4)20(32)33)25-18(30)13(5-11-7-22-8-23-11)24-17(29)12(21)6-14(27)28/h7-10,12-13,15-16H,5-6,21H2,1-4H3,(H,22,23)(H,24,29)(H,25,30)(H,26,31)(H,27,28)(H,32,33). The number of nitrogens with zero attached hydrogens (tertiary/aromatic N) is 1. The van der Waals surface area contributed by atoms with Gasteiger partial charge in [-0.15, -0.1) is 0 Å². The minimum atomic E-state index is -1.38. The number of nitrogens with two attached hydrogens (primary N) is 1. The summed E-state index contributed by atoms with van der Waals surface area (Å²) in [6.07, 6.45) is 2.15. The smallest absolute Gasteiger partial charge is 0.326 e. The van der Waals surface area contributed by atoms with Gasteiger partial charge in [-0.1, -0.05) is 27.7 Å². The molecule has 0 spiro atoms. The number of carbonyl (C=O) groups is 5. The number of carboxylic acid groups (broad SMARTS) is 2. The molecule has 184 valence electrons. The van der Waals surface area contributed by atoms with Crippen LogP contribution in [0.3, 0.4) is 0 Å². The summed E-state index contributed by atoms with van der Waals surface area (Å²) in [5.74, 6) is -5.55. The first-order chi connectivity index (χ1) is 15.3. The number of nitrogens with one attached hydrogen (secondary N) is 4. The number of aromatic nitrogens is 2. The minimum absolute atomic E-state index is 0.0342. The van der Waals surface area contributed by atoms with Crippen molar-refractivity contribution in [1.29, 1.82) is 0 Å². The first kappa shape index (κ1) is 27.6. The van der Waals surface area contributed by atoms with Crippen LogP contribution in [-0.2, 0) is 30.4 Å². The molecule has 13 nitrogen and oxygen atoms in total. The number of carbonyl (C=O) groups excluding carboxylic acids is 3. The van der Waals surface area contributed by atoms with Gasteiger partial charge in [-0.05, 0) is 11.8 Å². The van der Waals surface area contributed by atoms with E-state index in [1.807, 2.05) is 0 Å². The van der Waals surface area contributed by atoms with Gasteiger partial charge in [0.15, 0.2) is 0 Å². The third-order valence-electron chi connectivity index (χ3n) is 4.82. The molecule has 0 radical (unpaired) electrons. The summed E-state index contributed by atoms with van der Waals surface area (Å²) in [6.45, 7) is 6.61. The van der Waals surface area contributed by atoms with Crippen LogP contribution in [0.1, 0.15) is 39.8 Å². The van der Waals surface area contributed by atoms with Crippen molar-refractivity contribution in [2.45, 2.75) is 64.7 Å². The van der Waals surface area contributed by atoms with E-state index in [0.717, 1.165) is 0 Å². The van der Waals surface area contributed by atoms with Crippen molar-refractivity contribution in [2.24, 2.45) is 17.6 Å². The van der Waals surface area contributed by atoms with Crippen LogP contribution in [0.2, 0.25) is 0 Å². The van der Waals surface area contributed by atoms with Crippen LogP contribution in [0.5, 0.6) is 0 Å². The molecule has 3 amide bonds. The lowest BCUT2D eigenvalue weighted by Gasteiger charge is -2.27. The number of imidazole rings is 1. The molecule has 0 bridgehead atoms. The molecule has 13 heteroatoms. The fourth-order valence-electron chi connectivity index (χ4n) is 2.93. The van der Waals surface area contributed by atoms with Gasteiger partial charge in [-0.2, -0.15) is 0 Å². The number of aliphatic carboxylic acids is 2. The molecule has 8 N–H and O–H groups in total. The number of rotatable bonds is 13. The van der Waals surface area contributed by atoms with Crippen LogP contribution < -0.4 is 21.7 Å². The number of amides is 3. The zero-order chi connectivity index (χ0) is 25.3. The lowest BCUT2D eigenvalue weighted by molar-refractivity contribution is -0.143. The van der Waals surface area contributed by atoms with E-state index in [1.54, 1.807) is 27.7 Å². The monoisotopic (exact) mass is 468 g/mol. The summed E-state index contributed by atoms with van der Waals surface area (Å²) < 4.78 is 0. The highest BCUT2D eigenvalue weighted by Crippen LogP contribution is 2.08. The van der Waals surface area contributed by atoms with Crippen molar-refractivity contribution in [3.63, 3.8) is 0 Å². The number of aromatic amines is 1. The highest BCUT2D eigenvalue weighted by Gasteiger charge is 2.33. The lowest BCUT2D eigenvalue weighted by Crippen LogP contribution is -2.59. The molecule has 0 fully saturated rings. The van der Waals surface area contributed by atoms with Gasteiger partial charge >= 0.3 is 11.9 Å². The number of H-pyrrole nitrogens is 1. The number of hydrogen-bond acceptors (Lipinski definition) is 7. The van der Waals surface area contributed by atoms with Crippen LogP contribution in [0.25, 0.3) is 0 Å². The SMILES string of the molecule is CC(C)C(NC(=O)C(NC(=O)C(Cc1cnc[nH]1)NC(=O)C(N)CC(=O)O)C(C)C)C(=O)O. The Balaban J connectivity index is 3.03. The molecule has 1 aromatic heterocycles. The quantitative estimate of drug-likeness (QED) is 0.181. The van der Waals surface area contributed by atoms with Crippen LogP contribution in [-0.4, -0.2) is 74.0 Å². The van der Waals surface area contributed by atoms with Gasteiger partial charge in [-0.25, -0.2) is 9.78 Å². The molecule has 33 heavy (non-hydrogen) atoms. The summed E-state index contributed by atoms with van der Waals surface area (Å²) in [5, 5.41) is 25.5. The Morgan fingerprint density at radius 2 is 1.52 bits per heavy atom. The van der Waals surface area contributed by atoms with Crippen LogP contribution in [0, 0.1) is 11.8 Å². The second-order valence-corrected chi connectivity index (χ2v) is 8.35. The predicted molar refractivity (Wildman–Crippen MR) is 116 cm³/mol. The molecule has 4 unspecified atom stereocenters.